The molecule has 2 fully saturated rings. The number of halogens is 1. The Kier molecular flexibility index (Phi) is 5.27. The Bertz CT molecular complexity index is 933. The summed E-state index contributed by atoms with van der Waals surface area (Å²) < 4.78 is 15.3. The fourth-order valence-electron chi connectivity index (χ4n) is 4.44. The second kappa shape index (κ2) is 7.87. The Morgan fingerprint density at radius 2 is 2.03 bits per heavy atom. The van der Waals surface area contributed by atoms with Gasteiger partial charge >= 0.3 is 6.03 Å². The Labute approximate surface area is 171 Å². The minimum atomic E-state index is -0.200. The zero-order valence-electron chi connectivity index (χ0n) is 16.7. The minimum absolute atomic E-state index is 0.0210. The van der Waals surface area contributed by atoms with Gasteiger partial charge in [-0.15, -0.1) is 0 Å². The summed E-state index contributed by atoms with van der Waals surface area (Å²) in [5.41, 5.74) is 2.32. The van der Waals surface area contributed by atoms with Crippen LogP contribution in [0.1, 0.15) is 38.2 Å². The molecule has 4 rings (SSSR count). The van der Waals surface area contributed by atoms with Crippen LogP contribution in [0.4, 0.5) is 9.18 Å². The van der Waals surface area contributed by atoms with E-state index < -0.39 is 0 Å². The summed E-state index contributed by atoms with van der Waals surface area (Å²) in [6.45, 7) is 2.56. The Morgan fingerprint density at radius 3 is 2.72 bits per heavy atom. The summed E-state index contributed by atoms with van der Waals surface area (Å²) in [5.74, 6) is -0.200. The molecule has 1 aliphatic carbocycles. The van der Waals surface area contributed by atoms with Crippen LogP contribution in [0.15, 0.2) is 48.5 Å². The quantitative estimate of drug-likeness (QED) is 0.788. The third-order valence-corrected chi connectivity index (χ3v) is 6.22. The van der Waals surface area contributed by atoms with Crippen molar-refractivity contribution in [2.24, 2.45) is 5.41 Å². The molecule has 2 aromatic carbocycles. The second-order valence-electron chi connectivity index (χ2n) is 8.55. The molecule has 0 radical (unpaired) electrons. The standard InChI is InChI=1S/C24H26FN3O/c1-17(10-13-26)27-23(29)28-16-24(11-12-24)15-20(28)14-19-8-5-9-21(22(19)25)18-6-3-2-4-7-18/h2-9,17,20H,10-12,14-16H2,1H3,(H,27,29)/t17-,20-/m0/s1. The van der Waals surface area contributed by atoms with E-state index in [0.29, 0.717) is 17.5 Å². The molecule has 150 valence electrons. The van der Waals surface area contributed by atoms with Crippen molar-refractivity contribution in [2.75, 3.05) is 6.54 Å². The third kappa shape index (κ3) is 4.12. The first kappa shape index (κ1) is 19.4. The van der Waals surface area contributed by atoms with Crippen molar-refractivity contribution in [2.45, 2.75) is 51.1 Å². The van der Waals surface area contributed by atoms with Gasteiger partial charge in [0.15, 0.2) is 0 Å². The normalized spacial score (nSPS) is 20.3. The van der Waals surface area contributed by atoms with E-state index in [9.17, 15) is 4.79 Å². The molecule has 4 nitrogen and oxygen atoms in total. The summed E-state index contributed by atoms with van der Waals surface area (Å²) in [6, 6.07) is 16.8. The number of amides is 2. The SMILES string of the molecule is C[C@@H](CC#N)NC(=O)N1CC2(CC2)C[C@@H]1Cc1cccc(-c2ccccc2)c1F. The van der Waals surface area contributed by atoms with Gasteiger partial charge in [0.1, 0.15) is 5.82 Å². The summed E-state index contributed by atoms with van der Waals surface area (Å²) in [4.78, 5) is 14.7. The lowest BCUT2D eigenvalue weighted by molar-refractivity contribution is 0.187. The first-order valence-electron chi connectivity index (χ1n) is 10.3. The van der Waals surface area contributed by atoms with Crippen molar-refractivity contribution in [3.63, 3.8) is 0 Å². The van der Waals surface area contributed by atoms with Crippen molar-refractivity contribution in [1.82, 2.24) is 10.2 Å². The van der Waals surface area contributed by atoms with Gasteiger partial charge in [0.2, 0.25) is 0 Å². The molecule has 2 aliphatic rings. The van der Waals surface area contributed by atoms with Gasteiger partial charge in [-0.05, 0) is 49.1 Å². The number of hydrogen-bond acceptors (Lipinski definition) is 2. The zero-order chi connectivity index (χ0) is 20.4. The van der Waals surface area contributed by atoms with E-state index in [1.54, 1.807) is 6.07 Å². The highest BCUT2D eigenvalue weighted by Crippen LogP contribution is 2.55. The maximum Gasteiger partial charge on any atom is 0.317 e. The Hall–Kier alpha value is -2.87. The van der Waals surface area contributed by atoms with E-state index in [1.165, 1.54) is 0 Å². The van der Waals surface area contributed by atoms with Gasteiger partial charge in [-0.2, -0.15) is 5.26 Å². The van der Waals surface area contributed by atoms with Crippen molar-refractivity contribution in [3.8, 4) is 17.2 Å². The van der Waals surface area contributed by atoms with E-state index in [2.05, 4.69) is 11.4 Å². The Morgan fingerprint density at radius 1 is 1.28 bits per heavy atom. The van der Waals surface area contributed by atoms with Crippen LogP contribution in [0, 0.1) is 22.6 Å². The first-order valence-corrected chi connectivity index (χ1v) is 10.3. The Balaban J connectivity index is 1.54. The highest BCUT2D eigenvalue weighted by atomic mass is 19.1. The molecule has 1 aliphatic heterocycles. The van der Waals surface area contributed by atoms with Gasteiger partial charge in [-0.3, -0.25) is 0 Å². The summed E-state index contributed by atoms with van der Waals surface area (Å²) >= 11 is 0. The van der Waals surface area contributed by atoms with Crippen molar-refractivity contribution in [3.05, 3.63) is 59.9 Å². The molecule has 1 saturated carbocycles. The fourth-order valence-corrected chi connectivity index (χ4v) is 4.44. The molecule has 0 bridgehead atoms. The number of likely N-dealkylation sites (tertiary alicyclic amines) is 1. The van der Waals surface area contributed by atoms with Gasteiger partial charge in [0.25, 0.3) is 0 Å². The van der Waals surface area contributed by atoms with Crippen molar-refractivity contribution >= 4 is 6.03 Å². The highest BCUT2D eigenvalue weighted by molar-refractivity contribution is 5.75. The lowest BCUT2D eigenvalue weighted by Crippen LogP contribution is -2.46. The molecule has 2 aromatic rings. The number of carbonyl (C=O) groups excluding carboxylic acids is 1. The van der Waals surface area contributed by atoms with E-state index in [1.807, 2.05) is 54.3 Å². The number of carbonyl (C=O) groups is 1. The fraction of sp³-hybridized carbons (Fsp3) is 0.417. The molecule has 1 spiro atoms. The third-order valence-electron chi connectivity index (χ3n) is 6.22. The number of benzene rings is 2. The van der Waals surface area contributed by atoms with E-state index >= 15 is 4.39 Å². The predicted molar refractivity (Wildman–Crippen MR) is 111 cm³/mol. The molecule has 2 atom stereocenters. The van der Waals surface area contributed by atoms with E-state index in [0.717, 1.165) is 31.4 Å². The molecule has 2 amide bonds. The number of nitriles is 1. The number of hydrogen-bond donors (Lipinski definition) is 1. The monoisotopic (exact) mass is 391 g/mol. The molecule has 1 heterocycles. The molecule has 1 N–H and O–H groups in total. The summed E-state index contributed by atoms with van der Waals surface area (Å²) in [5, 5.41) is 11.8. The highest BCUT2D eigenvalue weighted by Gasteiger charge is 2.53. The molecular formula is C24H26FN3O. The van der Waals surface area contributed by atoms with Crippen LogP contribution in [-0.4, -0.2) is 29.6 Å². The smallest absolute Gasteiger partial charge is 0.317 e. The van der Waals surface area contributed by atoms with Crippen LogP contribution in [-0.2, 0) is 6.42 Å². The van der Waals surface area contributed by atoms with Gasteiger partial charge in [0.05, 0.1) is 12.5 Å². The minimum Gasteiger partial charge on any atom is -0.334 e. The summed E-state index contributed by atoms with van der Waals surface area (Å²) in [6.07, 6.45) is 3.97. The van der Waals surface area contributed by atoms with Gasteiger partial charge in [-0.1, -0.05) is 48.5 Å². The summed E-state index contributed by atoms with van der Waals surface area (Å²) in [7, 11) is 0. The van der Waals surface area contributed by atoms with Crippen LogP contribution in [0.5, 0.6) is 0 Å². The van der Waals surface area contributed by atoms with Crippen molar-refractivity contribution < 1.29 is 9.18 Å². The van der Waals surface area contributed by atoms with Crippen LogP contribution in [0.3, 0.4) is 0 Å². The lowest BCUT2D eigenvalue weighted by atomic mass is 9.95. The average molecular weight is 391 g/mol. The van der Waals surface area contributed by atoms with Crippen molar-refractivity contribution in [1.29, 1.82) is 5.26 Å². The van der Waals surface area contributed by atoms with Gasteiger partial charge < -0.3 is 10.2 Å². The number of urea groups is 1. The molecular weight excluding hydrogens is 365 g/mol. The number of nitrogens with one attached hydrogen (secondary N) is 1. The van der Waals surface area contributed by atoms with Crippen LogP contribution >= 0.6 is 0 Å². The van der Waals surface area contributed by atoms with Crippen LogP contribution in [0.2, 0.25) is 0 Å². The zero-order valence-corrected chi connectivity index (χ0v) is 16.7. The molecule has 5 heteroatoms. The lowest BCUT2D eigenvalue weighted by Gasteiger charge is -2.27. The second-order valence-corrected chi connectivity index (χ2v) is 8.55. The molecule has 0 aromatic heterocycles. The maximum atomic E-state index is 15.3. The predicted octanol–water partition coefficient (Wildman–Crippen LogP) is 4.90. The van der Waals surface area contributed by atoms with Crippen LogP contribution in [0.25, 0.3) is 11.1 Å². The van der Waals surface area contributed by atoms with Gasteiger partial charge in [-0.25, -0.2) is 9.18 Å². The molecule has 1 saturated heterocycles. The maximum absolute atomic E-state index is 15.3. The molecule has 0 unspecified atom stereocenters. The first-order chi connectivity index (χ1) is 14.0. The van der Waals surface area contributed by atoms with Gasteiger partial charge in [0, 0.05) is 24.2 Å². The topological polar surface area (TPSA) is 56.1 Å². The average Bonchev–Trinajstić information content (AvgIpc) is 3.36. The van der Waals surface area contributed by atoms with Crippen LogP contribution < -0.4 is 5.32 Å². The van der Waals surface area contributed by atoms with E-state index in [-0.39, 0.29) is 35.8 Å². The van der Waals surface area contributed by atoms with E-state index in [4.69, 9.17) is 5.26 Å². The number of rotatable bonds is 5. The number of nitrogens with zero attached hydrogens (tertiary/aromatic N) is 2. The largest absolute Gasteiger partial charge is 0.334 e. The molecule has 29 heavy (non-hydrogen) atoms.